The van der Waals surface area contributed by atoms with E-state index in [9.17, 15) is 12.8 Å². The van der Waals surface area contributed by atoms with Gasteiger partial charge in [0.2, 0.25) is 10.0 Å². The van der Waals surface area contributed by atoms with Gasteiger partial charge in [0.1, 0.15) is 10.7 Å². The van der Waals surface area contributed by atoms with E-state index in [1.165, 1.54) is 18.4 Å². The number of anilines is 1. The molecule has 0 fully saturated rings. The zero-order valence-corrected chi connectivity index (χ0v) is 14.5. The summed E-state index contributed by atoms with van der Waals surface area (Å²) in [6.45, 7) is 1.93. The molecule has 9 heteroatoms. The first-order valence-corrected chi connectivity index (χ1v) is 8.94. The molecule has 0 saturated carbocycles. The van der Waals surface area contributed by atoms with Crippen LogP contribution < -0.4 is 5.73 Å². The van der Waals surface area contributed by atoms with Gasteiger partial charge in [-0.1, -0.05) is 0 Å². The van der Waals surface area contributed by atoms with Crippen LogP contribution in [-0.4, -0.2) is 24.8 Å². The molecule has 114 valence electrons. The van der Waals surface area contributed by atoms with Gasteiger partial charge >= 0.3 is 0 Å². The molecule has 2 aromatic rings. The third-order valence-electron chi connectivity index (χ3n) is 2.95. The SMILES string of the molecule is Cc1ncsc1CN(C)S(=O)(=O)c1cc(N)c(Br)cc1F. The summed E-state index contributed by atoms with van der Waals surface area (Å²) < 4.78 is 40.3. The van der Waals surface area contributed by atoms with E-state index < -0.39 is 20.7 Å². The van der Waals surface area contributed by atoms with Crippen molar-refractivity contribution in [3.63, 3.8) is 0 Å². The van der Waals surface area contributed by atoms with Crippen molar-refractivity contribution in [3.8, 4) is 0 Å². The highest BCUT2D eigenvalue weighted by molar-refractivity contribution is 9.10. The lowest BCUT2D eigenvalue weighted by Crippen LogP contribution is -2.27. The Morgan fingerprint density at radius 3 is 2.71 bits per heavy atom. The Morgan fingerprint density at radius 2 is 2.14 bits per heavy atom. The van der Waals surface area contributed by atoms with Gasteiger partial charge in [0.15, 0.2) is 0 Å². The van der Waals surface area contributed by atoms with Gasteiger partial charge in [-0.15, -0.1) is 11.3 Å². The third-order valence-corrected chi connectivity index (χ3v) is 6.38. The van der Waals surface area contributed by atoms with E-state index in [1.54, 1.807) is 12.4 Å². The predicted octanol–water partition coefficient (Wildman–Crippen LogP) is 2.76. The topological polar surface area (TPSA) is 76.3 Å². The molecule has 0 unspecified atom stereocenters. The Bertz CT molecular complexity index is 777. The number of rotatable bonds is 4. The van der Waals surface area contributed by atoms with E-state index in [1.807, 2.05) is 0 Å². The van der Waals surface area contributed by atoms with Gasteiger partial charge < -0.3 is 5.73 Å². The van der Waals surface area contributed by atoms with Crippen molar-refractivity contribution in [2.24, 2.45) is 0 Å². The van der Waals surface area contributed by atoms with Crippen molar-refractivity contribution in [2.75, 3.05) is 12.8 Å². The average Bonchev–Trinajstić information content (AvgIpc) is 2.79. The number of halogens is 2. The van der Waals surface area contributed by atoms with Gasteiger partial charge in [0, 0.05) is 28.6 Å². The summed E-state index contributed by atoms with van der Waals surface area (Å²) in [6.07, 6.45) is 0. The molecule has 0 saturated heterocycles. The van der Waals surface area contributed by atoms with E-state index >= 15 is 0 Å². The second-order valence-electron chi connectivity index (χ2n) is 4.43. The lowest BCUT2D eigenvalue weighted by atomic mass is 10.3. The minimum atomic E-state index is -3.97. The minimum absolute atomic E-state index is 0.133. The maximum absolute atomic E-state index is 13.9. The van der Waals surface area contributed by atoms with Crippen molar-refractivity contribution in [3.05, 3.63) is 38.5 Å². The zero-order chi connectivity index (χ0) is 15.8. The van der Waals surface area contributed by atoms with Crippen LogP contribution in [0, 0.1) is 12.7 Å². The Labute approximate surface area is 134 Å². The molecule has 2 rings (SSSR count). The molecule has 1 heterocycles. The number of aromatic nitrogens is 1. The van der Waals surface area contributed by atoms with E-state index in [0.29, 0.717) is 4.47 Å². The van der Waals surface area contributed by atoms with E-state index in [-0.39, 0.29) is 12.2 Å². The second-order valence-corrected chi connectivity index (χ2v) is 8.23. The van der Waals surface area contributed by atoms with Crippen LogP contribution in [0.25, 0.3) is 0 Å². The average molecular weight is 394 g/mol. The Morgan fingerprint density at radius 1 is 1.48 bits per heavy atom. The van der Waals surface area contributed by atoms with Crippen LogP contribution in [0.5, 0.6) is 0 Å². The molecule has 21 heavy (non-hydrogen) atoms. The van der Waals surface area contributed by atoms with Gasteiger partial charge in [-0.2, -0.15) is 4.31 Å². The predicted molar refractivity (Wildman–Crippen MR) is 84.0 cm³/mol. The first-order valence-electron chi connectivity index (χ1n) is 5.83. The minimum Gasteiger partial charge on any atom is -0.398 e. The largest absolute Gasteiger partial charge is 0.398 e. The van der Waals surface area contributed by atoms with E-state index in [0.717, 1.165) is 27.0 Å². The number of benzene rings is 1. The summed E-state index contributed by atoms with van der Waals surface area (Å²) in [4.78, 5) is 4.44. The summed E-state index contributed by atoms with van der Waals surface area (Å²) in [6, 6.07) is 2.17. The van der Waals surface area contributed by atoms with E-state index in [4.69, 9.17) is 5.73 Å². The number of nitrogens with zero attached hydrogens (tertiary/aromatic N) is 2. The molecule has 0 spiro atoms. The summed E-state index contributed by atoms with van der Waals surface area (Å²) in [5.41, 5.74) is 8.21. The zero-order valence-electron chi connectivity index (χ0n) is 11.3. The summed E-state index contributed by atoms with van der Waals surface area (Å²) in [7, 11) is -2.57. The fourth-order valence-electron chi connectivity index (χ4n) is 1.68. The number of aryl methyl sites for hydroxylation is 1. The Kier molecular flexibility index (Phi) is 4.66. The summed E-state index contributed by atoms with van der Waals surface area (Å²) >= 11 is 4.42. The molecule has 2 N–H and O–H groups in total. The molecule has 1 aromatic heterocycles. The molecule has 0 aliphatic carbocycles. The molecule has 0 radical (unpaired) electrons. The van der Waals surface area contributed by atoms with Crippen molar-refractivity contribution >= 4 is 43.0 Å². The summed E-state index contributed by atoms with van der Waals surface area (Å²) in [5.74, 6) is -0.844. The van der Waals surface area contributed by atoms with Crippen LogP contribution in [-0.2, 0) is 16.6 Å². The fourth-order valence-corrected chi connectivity index (χ4v) is 4.12. The molecule has 0 aliphatic rings. The van der Waals surface area contributed by atoms with Crippen molar-refractivity contribution in [1.29, 1.82) is 0 Å². The maximum Gasteiger partial charge on any atom is 0.246 e. The molecule has 1 aromatic carbocycles. The third kappa shape index (κ3) is 3.25. The maximum atomic E-state index is 13.9. The van der Waals surface area contributed by atoms with Gasteiger partial charge in [0.25, 0.3) is 0 Å². The Balaban J connectivity index is 2.38. The van der Waals surface area contributed by atoms with Gasteiger partial charge in [-0.05, 0) is 35.0 Å². The van der Waals surface area contributed by atoms with Crippen molar-refractivity contribution < 1.29 is 12.8 Å². The number of thiazole rings is 1. The quantitative estimate of drug-likeness (QED) is 0.810. The van der Waals surface area contributed by atoms with Crippen LogP contribution in [0.1, 0.15) is 10.6 Å². The van der Waals surface area contributed by atoms with Crippen LogP contribution >= 0.6 is 27.3 Å². The number of nitrogen functional groups attached to an aromatic ring is 1. The number of hydrogen-bond acceptors (Lipinski definition) is 5. The normalized spacial score (nSPS) is 12.0. The Hall–Kier alpha value is -1.03. The smallest absolute Gasteiger partial charge is 0.246 e. The summed E-state index contributed by atoms with van der Waals surface area (Å²) in [5, 5.41) is 0. The van der Waals surface area contributed by atoms with Crippen LogP contribution in [0.15, 0.2) is 27.0 Å². The molecular weight excluding hydrogens is 381 g/mol. The number of nitrogens with two attached hydrogens (primary N) is 1. The van der Waals surface area contributed by atoms with Crippen LogP contribution in [0.3, 0.4) is 0 Å². The molecule has 0 atom stereocenters. The first kappa shape index (κ1) is 16.3. The highest BCUT2D eigenvalue weighted by Gasteiger charge is 2.26. The molecule has 0 bridgehead atoms. The highest BCUT2D eigenvalue weighted by Crippen LogP contribution is 2.28. The van der Waals surface area contributed by atoms with Crippen LogP contribution in [0.4, 0.5) is 10.1 Å². The lowest BCUT2D eigenvalue weighted by Gasteiger charge is -2.17. The lowest BCUT2D eigenvalue weighted by molar-refractivity contribution is 0.461. The van der Waals surface area contributed by atoms with Crippen LogP contribution in [0.2, 0.25) is 0 Å². The highest BCUT2D eigenvalue weighted by atomic mass is 79.9. The molecule has 0 amide bonds. The van der Waals surface area contributed by atoms with Gasteiger partial charge in [-0.25, -0.2) is 17.8 Å². The van der Waals surface area contributed by atoms with E-state index in [2.05, 4.69) is 20.9 Å². The molecule has 0 aliphatic heterocycles. The molecule has 5 nitrogen and oxygen atoms in total. The second kappa shape index (κ2) is 5.99. The first-order chi connectivity index (χ1) is 9.73. The number of hydrogen-bond donors (Lipinski definition) is 1. The standard InChI is InChI=1S/C12H13BrFN3O2S2/c1-7-11(20-6-16-7)5-17(2)21(18,19)12-4-10(15)8(13)3-9(12)14/h3-4,6H,5,15H2,1-2H3. The van der Waals surface area contributed by atoms with Crippen molar-refractivity contribution in [1.82, 2.24) is 9.29 Å². The van der Waals surface area contributed by atoms with Gasteiger partial charge in [0.05, 0.1) is 11.2 Å². The monoisotopic (exact) mass is 393 g/mol. The number of sulfonamides is 1. The van der Waals surface area contributed by atoms with Gasteiger partial charge in [-0.3, -0.25) is 0 Å². The van der Waals surface area contributed by atoms with Crippen molar-refractivity contribution in [2.45, 2.75) is 18.4 Å². The molecular formula is C12H13BrFN3O2S2. The fraction of sp³-hybridized carbons (Fsp3) is 0.250.